The molecule has 2 atom stereocenters. The van der Waals surface area contributed by atoms with E-state index in [9.17, 15) is 10.1 Å². The Morgan fingerprint density at radius 3 is 2.76 bits per heavy atom. The van der Waals surface area contributed by atoms with Crippen LogP contribution in [-0.2, 0) is 16.1 Å². The lowest BCUT2D eigenvalue weighted by atomic mass is 10.0. The van der Waals surface area contributed by atoms with Crippen LogP contribution in [0.25, 0.3) is 10.9 Å². The normalized spacial score (nSPS) is 13.6. The first-order chi connectivity index (χ1) is 12.1. The quantitative estimate of drug-likeness (QED) is 0.659. The number of nitrogens with zero attached hydrogens (tertiary/aromatic N) is 1. The van der Waals surface area contributed by atoms with Crippen molar-refractivity contribution in [2.75, 3.05) is 6.61 Å². The van der Waals surface area contributed by atoms with E-state index >= 15 is 0 Å². The minimum Gasteiger partial charge on any atom is -0.376 e. The van der Waals surface area contributed by atoms with Crippen LogP contribution in [0.5, 0.6) is 0 Å². The molecule has 0 bridgehead atoms. The van der Waals surface area contributed by atoms with Crippen molar-refractivity contribution in [3.05, 3.63) is 33.9 Å². The monoisotopic (exact) mass is 405 g/mol. The van der Waals surface area contributed by atoms with Gasteiger partial charge in [-0.2, -0.15) is 5.26 Å². The average molecular weight is 406 g/mol. The molecule has 0 aliphatic rings. The van der Waals surface area contributed by atoms with Crippen molar-refractivity contribution >= 4 is 32.6 Å². The Morgan fingerprint density at radius 1 is 1.40 bits per heavy atom. The van der Waals surface area contributed by atoms with E-state index < -0.39 is 0 Å². The first-order valence-corrected chi connectivity index (χ1v) is 9.42. The number of carbonyl (C=O) groups excluding carboxylic acids is 1. The molecule has 0 aliphatic heterocycles. The molecule has 2 aromatic rings. The molecule has 6 heteroatoms. The van der Waals surface area contributed by atoms with Gasteiger partial charge in [-0.25, -0.2) is 0 Å². The number of H-pyrrole nitrogens is 1. The van der Waals surface area contributed by atoms with E-state index in [1.165, 1.54) is 0 Å². The number of fused-ring (bicyclic) bond motifs is 1. The smallest absolute Gasteiger partial charge is 0.152 e. The molecule has 5 nitrogen and oxygen atoms in total. The predicted molar refractivity (Wildman–Crippen MR) is 102 cm³/mol. The third-order valence-electron chi connectivity index (χ3n) is 4.35. The molecule has 2 unspecified atom stereocenters. The number of halogens is 1. The molecular formula is C19H24BrN3O2. The minimum atomic E-state index is -0.335. The van der Waals surface area contributed by atoms with E-state index in [1.807, 2.05) is 33.0 Å². The highest BCUT2D eigenvalue weighted by molar-refractivity contribution is 9.10. The molecule has 1 aromatic carbocycles. The van der Waals surface area contributed by atoms with Gasteiger partial charge in [-0.1, -0.05) is 29.8 Å². The summed E-state index contributed by atoms with van der Waals surface area (Å²) in [5, 5.41) is 13.6. The van der Waals surface area contributed by atoms with Crippen LogP contribution in [0.1, 0.15) is 44.7 Å². The Hall–Kier alpha value is -1.68. The Labute approximate surface area is 156 Å². The van der Waals surface area contributed by atoms with Crippen molar-refractivity contribution in [1.29, 1.82) is 5.26 Å². The number of aromatic nitrogens is 1. The summed E-state index contributed by atoms with van der Waals surface area (Å²) in [7, 11) is 0. The van der Waals surface area contributed by atoms with Gasteiger partial charge in [0.05, 0.1) is 23.2 Å². The predicted octanol–water partition coefficient (Wildman–Crippen LogP) is 4.05. The number of nitriles is 1. The fourth-order valence-electron chi connectivity index (χ4n) is 3.06. The molecule has 25 heavy (non-hydrogen) atoms. The maximum atomic E-state index is 12.4. The van der Waals surface area contributed by atoms with Gasteiger partial charge in [-0.3, -0.25) is 4.79 Å². The van der Waals surface area contributed by atoms with Crippen molar-refractivity contribution in [3.8, 4) is 6.07 Å². The van der Waals surface area contributed by atoms with Crippen LogP contribution < -0.4 is 5.32 Å². The number of hydrogen-bond acceptors (Lipinski definition) is 4. The number of ketones is 1. The van der Waals surface area contributed by atoms with Crippen LogP contribution in [0.15, 0.2) is 22.8 Å². The standard InChI is InChI=1S/C19H24BrN3O2/c1-4-15(24)19(16(5-2)25-6-3)23-11-13-10-22-18-12(9-21)7-8-14(20)17(13)18/h7-8,10,16,19,22-23H,4-6,11H2,1-3H3. The van der Waals surface area contributed by atoms with Crippen LogP contribution in [0.4, 0.5) is 0 Å². The fourth-order valence-corrected chi connectivity index (χ4v) is 3.65. The van der Waals surface area contributed by atoms with Crippen molar-refractivity contribution in [2.24, 2.45) is 0 Å². The molecule has 1 heterocycles. The summed E-state index contributed by atoms with van der Waals surface area (Å²) in [6.07, 6.45) is 2.99. The van der Waals surface area contributed by atoms with Crippen molar-refractivity contribution < 1.29 is 9.53 Å². The summed E-state index contributed by atoms with van der Waals surface area (Å²) >= 11 is 3.56. The van der Waals surface area contributed by atoms with Gasteiger partial charge in [0.15, 0.2) is 5.78 Å². The third kappa shape index (κ3) is 4.30. The zero-order valence-corrected chi connectivity index (χ0v) is 16.4. The Kier molecular flexibility index (Phi) is 7.18. The van der Waals surface area contributed by atoms with Crippen LogP contribution in [0.3, 0.4) is 0 Å². The van der Waals surface area contributed by atoms with E-state index in [4.69, 9.17) is 4.74 Å². The van der Waals surface area contributed by atoms with Crippen LogP contribution in [0.2, 0.25) is 0 Å². The number of aromatic amines is 1. The van der Waals surface area contributed by atoms with Crippen molar-refractivity contribution in [2.45, 2.75) is 52.3 Å². The number of carbonyl (C=O) groups is 1. The van der Waals surface area contributed by atoms with E-state index in [0.717, 1.165) is 27.4 Å². The average Bonchev–Trinajstić information content (AvgIpc) is 3.06. The molecule has 0 saturated heterocycles. The summed E-state index contributed by atoms with van der Waals surface area (Å²) in [5.41, 5.74) is 2.43. The summed E-state index contributed by atoms with van der Waals surface area (Å²) < 4.78 is 6.68. The van der Waals surface area contributed by atoms with Gasteiger partial charge in [-0.05, 0) is 31.0 Å². The fraction of sp³-hybridized carbons (Fsp3) is 0.474. The first kappa shape index (κ1) is 19.6. The van der Waals surface area contributed by atoms with Gasteiger partial charge in [0.25, 0.3) is 0 Å². The van der Waals surface area contributed by atoms with Crippen molar-refractivity contribution in [3.63, 3.8) is 0 Å². The second kappa shape index (κ2) is 9.14. The molecule has 2 N–H and O–H groups in total. The topological polar surface area (TPSA) is 77.9 Å². The van der Waals surface area contributed by atoms with E-state index in [1.54, 1.807) is 6.07 Å². The Balaban J connectivity index is 2.27. The van der Waals surface area contributed by atoms with E-state index in [2.05, 4.69) is 32.3 Å². The van der Waals surface area contributed by atoms with Gasteiger partial charge in [0.1, 0.15) is 6.07 Å². The zero-order valence-electron chi connectivity index (χ0n) is 14.9. The van der Waals surface area contributed by atoms with E-state index in [0.29, 0.717) is 25.1 Å². The highest BCUT2D eigenvalue weighted by Crippen LogP contribution is 2.29. The van der Waals surface area contributed by atoms with E-state index in [-0.39, 0.29) is 17.9 Å². The third-order valence-corrected chi connectivity index (χ3v) is 5.01. The van der Waals surface area contributed by atoms with Gasteiger partial charge in [0.2, 0.25) is 0 Å². The largest absolute Gasteiger partial charge is 0.376 e. The van der Waals surface area contributed by atoms with Gasteiger partial charge in [0, 0.05) is 35.6 Å². The molecule has 0 amide bonds. The SMILES string of the molecule is CCOC(CC)C(NCc1c[nH]c2c(C#N)ccc(Br)c12)C(=O)CC. The minimum absolute atomic E-state index is 0.138. The molecule has 0 aliphatic carbocycles. The van der Waals surface area contributed by atoms with Gasteiger partial charge in [-0.15, -0.1) is 0 Å². The summed E-state index contributed by atoms with van der Waals surface area (Å²) in [6, 6.07) is 5.53. The molecule has 2 rings (SSSR count). The Morgan fingerprint density at radius 2 is 2.16 bits per heavy atom. The number of nitrogens with one attached hydrogen (secondary N) is 2. The molecule has 134 valence electrons. The van der Waals surface area contributed by atoms with Gasteiger partial charge >= 0.3 is 0 Å². The zero-order chi connectivity index (χ0) is 18.4. The molecule has 0 fully saturated rings. The maximum absolute atomic E-state index is 12.4. The summed E-state index contributed by atoms with van der Waals surface area (Å²) in [5.74, 6) is 0.150. The second-order valence-corrected chi connectivity index (χ2v) is 6.71. The molecule has 0 saturated carbocycles. The summed E-state index contributed by atoms with van der Waals surface area (Å²) in [4.78, 5) is 15.6. The lowest BCUT2D eigenvalue weighted by Crippen LogP contribution is -2.46. The molecule has 0 radical (unpaired) electrons. The molecular weight excluding hydrogens is 382 g/mol. The molecule has 0 spiro atoms. The van der Waals surface area contributed by atoms with Crippen LogP contribution in [-0.4, -0.2) is 29.5 Å². The molecule has 1 aromatic heterocycles. The number of ether oxygens (including phenoxy) is 1. The lowest BCUT2D eigenvalue weighted by Gasteiger charge is -2.26. The number of hydrogen-bond donors (Lipinski definition) is 2. The first-order valence-electron chi connectivity index (χ1n) is 8.63. The summed E-state index contributed by atoms with van der Waals surface area (Å²) in [6.45, 7) is 6.94. The van der Waals surface area contributed by atoms with Gasteiger partial charge < -0.3 is 15.0 Å². The lowest BCUT2D eigenvalue weighted by molar-refractivity contribution is -0.124. The van der Waals surface area contributed by atoms with Crippen molar-refractivity contribution in [1.82, 2.24) is 10.3 Å². The van der Waals surface area contributed by atoms with Crippen LogP contribution in [0, 0.1) is 11.3 Å². The second-order valence-electron chi connectivity index (χ2n) is 5.85. The highest BCUT2D eigenvalue weighted by atomic mass is 79.9. The Bertz CT molecular complexity index is 779. The number of benzene rings is 1. The van der Waals surface area contributed by atoms with Crippen LogP contribution >= 0.6 is 15.9 Å². The highest BCUT2D eigenvalue weighted by Gasteiger charge is 2.26. The maximum Gasteiger partial charge on any atom is 0.152 e. The number of Topliss-reactive ketones (excluding diaryl/α,β-unsaturated/α-hetero) is 1. The number of rotatable bonds is 9.